The Balaban J connectivity index is 1.66. The molecule has 1 unspecified atom stereocenters. The van der Waals surface area contributed by atoms with Gasteiger partial charge in [0, 0.05) is 6.54 Å². The van der Waals surface area contributed by atoms with Crippen molar-refractivity contribution in [3.8, 4) is 0 Å². The number of carbonyl (C=O) groups is 1. The zero-order valence-electron chi connectivity index (χ0n) is 12.3. The lowest BCUT2D eigenvalue weighted by Gasteiger charge is -2.33. The summed E-state index contributed by atoms with van der Waals surface area (Å²) in [5.74, 6) is 0.991. The minimum absolute atomic E-state index is 0.0673. The fourth-order valence-corrected chi connectivity index (χ4v) is 3.14. The van der Waals surface area contributed by atoms with E-state index in [4.69, 9.17) is 8.83 Å². The lowest BCUT2D eigenvalue weighted by atomic mass is 10.1. The molecule has 1 aliphatic rings. The van der Waals surface area contributed by atoms with Crippen LogP contribution in [0.3, 0.4) is 0 Å². The van der Waals surface area contributed by atoms with E-state index in [0.29, 0.717) is 17.0 Å². The number of rotatable bonds is 5. The third kappa shape index (κ3) is 3.62. The van der Waals surface area contributed by atoms with Gasteiger partial charge in [0.15, 0.2) is 10.4 Å². The summed E-state index contributed by atoms with van der Waals surface area (Å²) in [5.41, 5.74) is 0. The maximum atomic E-state index is 12.1. The molecule has 1 amide bonds. The lowest BCUT2D eigenvalue weighted by molar-refractivity contribution is 0.0886. The van der Waals surface area contributed by atoms with E-state index in [0.717, 1.165) is 18.8 Å². The predicted molar refractivity (Wildman–Crippen MR) is 85.6 cm³/mol. The molecule has 22 heavy (non-hydrogen) atoms. The number of nitrogens with zero attached hydrogens (tertiary/aromatic N) is 1. The van der Waals surface area contributed by atoms with Gasteiger partial charge in [-0.2, -0.15) is 0 Å². The van der Waals surface area contributed by atoms with Gasteiger partial charge in [-0.1, -0.05) is 6.42 Å². The molecule has 3 rings (SSSR count). The summed E-state index contributed by atoms with van der Waals surface area (Å²) in [6.45, 7) is 2.58. The molecule has 0 aliphatic carbocycles. The number of amides is 1. The molecule has 118 valence electrons. The molecular formula is C16H19BrN2O3. The summed E-state index contributed by atoms with van der Waals surface area (Å²) in [7, 11) is 0. The molecular weight excluding hydrogens is 348 g/mol. The van der Waals surface area contributed by atoms with E-state index in [1.54, 1.807) is 18.4 Å². The summed E-state index contributed by atoms with van der Waals surface area (Å²) in [5, 5.41) is 2.94. The van der Waals surface area contributed by atoms with E-state index >= 15 is 0 Å². The third-order valence-electron chi connectivity index (χ3n) is 3.96. The van der Waals surface area contributed by atoms with Crippen molar-refractivity contribution in [1.82, 2.24) is 10.2 Å². The maximum absolute atomic E-state index is 12.1. The van der Waals surface area contributed by atoms with Crippen LogP contribution in [0.25, 0.3) is 0 Å². The number of piperidine rings is 1. The van der Waals surface area contributed by atoms with Crippen molar-refractivity contribution in [3.05, 3.63) is 46.7 Å². The predicted octanol–water partition coefficient (Wildman–Crippen LogP) is 3.59. The number of nitrogens with one attached hydrogen (secondary N) is 1. The topological polar surface area (TPSA) is 58.6 Å². The van der Waals surface area contributed by atoms with Gasteiger partial charge in [-0.3, -0.25) is 9.69 Å². The van der Waals surface area contributed by atoms with Crippen molar-refractivity contribution in [1.29, 1.82) is 0 Å². The third-order valence-corrected chi connectivity index (χ3v) is 4.38. The van der Waals surface area contributed by atoms with Crippen molar-refractivity contribution < 1.29 is 13.6 Å². The molecule has 6 heteroatoms. The van der Waals surface area contributed by atoms with Crippen molar-refractivity contribution in [3.63, 3.8) is 0 Å². The van der Waals surface area contributed by atoms with Crippen molar-refractivity contribution >= 4 is 21.8 Å². The van der Waals surface area contributed by atoms with Crippen LogP contribution in [0.1, 0.15) is 41.6 Å². The molecule has 3 heterocycles. The van der Waals surface area contributed by atoms with Gasteiger partial charge < -0.3 is 14.2 Å². The fraction of sp³-hybridized carbons (Fsp3) is 0.438. The Morgan fingerprint density at radius 2 is 2.09 bits per heavy atom. The van der Waals surface area contributed by atoms with Gasteiger partial charge in [-0.15, -0.1) is 0 Å². The molecule has 1 fully saturated rings. The number of likely N-dealkylation sites (tertiary alicyclic amines) is 1. The second kappa shape index (κ2) is 7.15. The number of carbonyl (C=O) groups excluding carboxylic acids is 1. The van der Waals surface area contributed by atoms with Crippen LogP contribution in [0.15, 0.2) is 44.0 Å². The summed E-state index contributed by atoms with van der Waals surface area (Å²) in [6.07, 6.45) is 5.33. The highest BCUT2D eigenvalue weighted by molar-refractivity contribution is 9.10. The number of furan rings is 2. The number of hydrogen-bond donors (Lipinski definition) is 1. The fourth-order valence-electron chi connectivity index (χ4n) is 2.83. The van der Waals surface area contributed by atoms with Gasteiger partial charge in [0.2, 0.25) is 0 Å². The van der Waals surface area contributed by atoms with E-state index in [1.807, 2.05) is 12.1 Å². The van der Waals surface area contributed by atoms with Crippen LogP contribution in [0.2, 0.25) is 0 Å². The first-order valence-corrected chi connectivity index (χ1v) is 8.34. The van der Waals surface area contributed by atoms with E-state index in [-0.39, 0.29) is 11.9 Å². The first-order chi connectivity index (χ1) is 10.7. The zero-order valence-corrected chi connectivity index (χ0v) is 13.8. The van der Waals surface area contributed by atoms with Gasteiger partial charge >= 0.3 is 0 Å². The van der Waals surface area contributed by atoms with Gasteiger partial charge in [0.25, 0.3) is 5.91 Å². The lowest BCUT2D eigenvalue weighted by Crippen LogP contribution is -2.40. The largest absolute Gasteiger partial charge is 0.468 e. The average molecular weight is 367 g/mol. The SMILES string of the molecule is O=C(NCC(c1ccco1)N1CCCCC1)c1ccc(Br)o1. The van der Waals surface area contributed by atoms with E-state index in [1.165, 1.54) is 19.3 Å². The summed E-state index contributed by atoms with van der Waals surface area (Å²) < 4.78 is 11.4. The van der Waals surface area contributed by atoms with Gasteiger partial charge in [0.1, 0.15) is 5.76 Å². The number of halogens is 1. The second-order valence-electron chi connectivity index (χ2n) is 5.44. The van der Waals surface area contributed by atoms with Crippen LogP contribution in [-0.2, 0) is 0 Å². The Kier molecular flexibility index (Phi) is 5.00. The Bertz CT molecular complexity index is 603. The molecule has 2 aromatic rings. The zero-order chi connectivity index (χ0) is 15.4. The molecule has 1 atom stereocenters. The molecule has 0 saturated carbocycles. The summed E-state index contributed by atoms with van der Waals surface area (Å²) in [4.78, 5) is 14.5. The van der Waals surface area contributed by atoms with Crippen LogP contribution in [0, 0.1) is 0 Å². The van der Waals surface area contributed by atoms with Gasteiger partial charge in [-0.25, -0.2) is 0 Å². The highest BCUT2D eigenvalue weighted by atomic mass is 79.9. The van der Waals surface area contributed by atoms with Crippen LogP contribution in [-0.4, -0.2) is 30.4 Å². The highest BCUT2D eigenvalue weighted by Crippen LogP contribution is 2.24. The van der Waals surface area contributed by atoms with Crippen LogP contribution < -0.4 is 5.32 Å². The van der Waals surface area contributed by atoms with E-state index in [9.17, 15) is 4.79 Å². The van der Waals surface area contributed by atoms with Crippen LogP contribution in [0.4, 0.5) is 0 Å². The second-order valence-corrected chi connectivity index (χ2v) is 6.22. The first-order valence-electron chi connectivity index (χ1n) is 7.55. The quantitative estimate of drug-likeness (QED) is 0.878. The van der Waals surface area contributed by atoms with Gasteiger partial charge in [-0.05, 0) is 66.1 Å². The Hall–Kier alpha value is -1.53. The normalized spacial score (nSPS) is 17.3. The minimum atomic E-state index is -0.209. The molecule has 0 radical (unpaired) electrons. The highest BCUT2D eigenvalue weighted by Gasteiger charge is 2.25. The summed E-state index contributed by atoms with van der Waals surface area (Å²) in [6, 6.07) is 7.29. The van der Waals surface area contributed by atoms with E-state index in [2.05, 4.69) is 26.1 Å². The average Bonchev–Trinajstić information content (AvgIpc) is 3.20. The molecule has 0 bridgehead atoms. The molecule has 1 saturated heterocycles. The van der Waals surface area contributed by atoms with Crippen molar-refractivity contribution in [2.75, 3.05) is 19.6 Å². The molecule has 1 aliphatic heterocycles. The minimum Gasteiger partial charge on any atom is -0.468 e. The number of hydrogen-bond acceptors (Lipinski definition) is 4. The van der Waals surface area contributed by atoms with Crippen LogP contribution in [0.5, 0.6) is 0 Å². The Labute approximate surface area is 137 Å². The smallest absolute Gasteiger partial charge is 0.287 e. The molecule has 5 nitrogen and oxygen atoms in total. The molecule has 2 aromatic heterocycles. The molecule has 0 aromatic carbocycles. The monoisotopic (exact) mass is 366 g/mol. The standard InChI is InChI=1S/C16H19BrN2O3/c17-15-7-6-14(22-15)16(20)18-11-12(13-5-4-10-21-13)19-8-2-1-3-9-19/h4-7,10,12H,1-3,8-9,11H2,(H,18,20). The van der Waals surface area contributed by atoms with Crippen LogP contribution >= 0.6 is 15.9 Å². The molecule has 1 N–H and O–H groups in total. The van der Waals surface area contributed by atoms with Crippen molar-refractivity contribution in [2.45, 2.75) is 25.3 Å². The summed E-state index contributed by atoms with van der Waals surface area (Å²) >= 11 is 3.20. The van der Waals surface area contributed by atoms with Crippen molar-refractivity contribution in [2.24, 2.45) is 0 Å². The Morgan fingerprint density at radius 1 is 1.27 bits per heavy atom. The molecule has 0 spiro atoms. The van der Waals surface area contributed by atoms with E-state index < -0.39 is 0 Å². The maximum Gasteiger partial charge on any atom is 0.287 e. The Morgan fingerprint density at radius 3 is 2.73 bits per heavy atom. The van der Waals surface area contributed by atoms with Gasteiger partial charge in [0.05, 0.1) is 12.3 Å². The first kappa shape index (κ1) is 15.4.